The highest BCUT2D eigenvalue weighted by Gasteiger charge is 2.24. The van der Waals surface area contributed by atoms with Crippen LogP contribution in [0.2, 0.25) is 0 Å². The maximum absolute atomic E-state index is 11.6. The van der Waals surface area contributed by atoms with E-state index in [1.54, 1.807) is 6.20 Å². The minimum Gasteiger partial charge on any atom is -0.381 e. The SMILES string of the molecule is CCc1nc2[nH]ncc2c(NC2CCCC2)c1-c1nnc(CS(C)(=O)=O)s1. The maximum Gasteiger partial charge on any atom is 0.157 e. The van der Waals surface area contributed by atoms with Crippen LogP contribution >= 0.6 is 11.3 Å². The van der Waals surface area contributed by atoms with E-state index in [1.165, 1.54) is 30.4 Å². The molecule has 0 saturated heterocycles. The number of H-pyrrole nitrogens is 1. The van der Waals surface area contributed by atoms with E-state index < -0.39 is 9.84 Å². The summed E-state index contributed by atoms with van der Waals surface area (Å²) in [5.41, 5.74) is 3.53. The van der Waals surface area contributed by atoms with Gasteiger partial charge >= 0.3 is 0 Å². The Hall–Kier alpha value is -2.07. The number of nitrogens with one attached hydrogen (secondary N) is 2. The molecule has 2 N–H and O–H groups in total. The van der Waals surface area contributed by atoms with Crippen LogP contribution in [0.3, 0.4) is 0 Å². The zero-order chi connectivity index (χ0) is 19.0. The number of nitrogens with zero attached hydrogens (tertiary/aromatic N) is 4. The Morgan fingerprint density at radius 2 is 2.07 bits per heavy atom. The summed E-state index contributed by atoms with van der Waals surface area (Å²) in [6.45, 7) is 2.05. The van der Waals surface area contributed by atoms with Gasteiger partial charge in [0.25, 0.3) is 0 Å². The Balaban J connectivity index is 1.84. The molecule has 27 heavy (non-hydrogen) atoms. The van der Waals surface area contributed by atoms with E-state index in [2.05, 4.69) is 25.7 Å². The fourth-order valence-electron chi connectivity index (χ4n) is 3.56. The molecule has 0 amide bonds. The van der Waals surface area contributed by atoms with Gasteiger partial charge in [0, 0.05) is 12.3 Å². The molecule has 1 aliphatic rings. The summed E-state index contributed by atoms with van der Waals surface area (Å²) in [5, 5.41) is 21.3. The van der Waals surface area contributed by atoms with Crippen LogP contribution in [0.15, 0.2) is 6.20 Å². The molecule has 0 unspecified atom stereocenters. The first kappa shape index (κ1) is 18.3. The molecule has 0 aromatic carbocycles. The number of rotatable bonds is 6. The maximum atomic E-state index is 11.6. The third kappa shape index (κ3) is 3.81. The van der Waals surface area contributed by atoms with Crippen LogP contribution in [0.5, 0.6) is 0 Å². The second-order valence-electron chi connectivity index (χ2n) is 6.99. The lowest BCUT2D eigenvalue weighted by molar-refractivity contribution is 0.600. The molecule has 1 aliphatic carbocycles. The highest BCUT2D eigenvalue weighted by atomic mass is 32.2. The number of hydrogen-bond donors (Lipinski definition) is 2. The minimum atomic E-state index is -3.15. The average Bonchev–Trinajstić information content (AvgIpc) is 3.34. The normalized spacial score (nSPS) is 15.6. The second-order valence-corrected chi connectivity index (χ2v) is 10.2. The molecule has 0 atom stereocenters. The fraction of sp³-hybridized carbons (Fsp3) is 0.529. The summed E-state index contributed by atoms with van der Waals surface area (Å²) in [6.07, 6.45) is 8.44. The quantitative estimate of drug-likeness (QED) is 0.647. The fourth-order valence-corrected chi connectivity index (χ4v) is 5.66. The number of aromatic amines is 1. The van der Waals surface area contributed by atoms with Crippen LogP contribution in [0.4, 0.5) is 5.69 Å². The van der Waals surface area contributed by atoms with E-state index in [-0.39, 0.29) is 5.75 Å². The van der Waals surface area contributed by atoms with E-state index in [4.69, 9.17) is 4.98 Å². The number of aryl methyl sites for hydroxylation is 1. The van der Waals surface area contributed by atoms with Gasteiger partial charge in [-0.05, 0) is 19.3 Å². The van der Waals surface area contributed by atoms with Crippen LogP contribution in [0, 0.1) is 0 Å². The Morgan fingerprint density at radius 1 is 1.30 bits per heavy atom. The van der Waals surface area contributed by atoms with Crippen LogP contribution < -0.4 is 5.32 Å². The summed E-state index contributed by atoms with van der Waals surface area (Å²) in [7, 11) is -3.15. The number of pyridine rings is 1. The van der Waals surface area contributed by atoms with E-state index >= 15 is 0 Å². The van der Waals surface area contributed by atoms with Gasteiger partial charge in [-0.1, -0.05) is 31.1 Å². The summed E-state index contributed by atoms with van der Waals surface area (Å²) in [5.74, 6) is -0.0983. The Bertz CT molecular complexity index is 1070. The van der Waals surface area contributed by atoms with E-state index in [9.17, 15) is 8.42 Å². The molecule has 0 spiro atoms. The molecule has 10 heteroatoms. The van der Waals surface area contributed by atoms with Crippen molar-refractivity contribution in [2.24, 2.45) is 0 Å². The second kappa shape index (κ2) is 7.16. The largest absolute Gasteiger partial charge is 0.381 e. The monoisotopic (exact) mass is 406 g/mol. The first-order valence-electron chi connectivity index (χ1n) is 9.07. The standard InChI is InChI=1S/C17H22N6O2S2/c1-3-12-14(17-23-21-13(26-17)9-27(2,24)25)15(19-10-6-4-5-7-10)11-8-18-22-16(11)20-12/h8,10H,3-7,9H2,1-2H3,(H2,18,19,20,22). The number of hydrogen-bond acceptors (Lipinski definition) is 8. The minimum absolute atomic E-state index is 0.0983. The highest BCUT2D eigenvalue weighted by Crippen LogP contribution is 2.39. The van der Waals surface area contributed by atoms with Crippen LogP contribution in [-0.4, -0.2) is 46.1 Å². The van der Waals surface area contributed by atoms with Crippen molar-refractivity contribution < 1.29 is 8.42 Å². The van der Waals surface area contributed by atoms with Gasteiger partial charge in [0.2, 0.25) is 0 Å². The van der Waals surface area contributed by atoms with E-state index in [0.29, 0.717) is 16.1 Å². The lowest BCUT2D eigenvalue weighted by atomic mass is 10.1. The molecule has 0 bridgehead atoms. The van der Waals surface area contributed by atoms with Crippen molar-refractivity contribution in [3.05, 3.63) is 16.9 Å². The molecule has 1 saturated carbocycles. The van der Waals surface area contributed by atoms with Crippen LogP contribution in [0.1, 0.15) is 43.3 Å². The third-order valence-electron chi connectivity index (χ3n) is 4.78. The zero-order valence-electron chi connectivity index (χ0n) is 15.3. The lowest BCUT2D eigenvalue weighted by Crippen LogP contribution is -2.16. The predicted octanol–water partition coefficient (Wildman–Crippen LogP) is 2.94. The van der Waals surface area contributed by atoms with Crippen molar-refractivity contribution in [1.29, 1.82) is 0 Å². The lowest BCUT2D eigenvalue weighted by Gasteiger charge is -2.18. The Kier molecular flexibility index (Phi) is 4.85. The van der Waals surface area contributed by atoms with Gasteiger partial charge in [0.05, 0.1) is 28.5 Å². The predicted molar refractivity (Wildman–Crippen MR) is 107 cm³/mol. The van der Waals surface area contributed by atoms with Gasteiger partial charge in [-0.3, -0.25) is 5.10 Å². The third-order valence-corrected chi connectivity index (χ3v) is 6.70. The van der Waals surface area contributed by atoms with Crippen molar-refractivity contribution in [2.75, 3.05) is 11.6 Å². The number of sulfone groups is 1. The summed E-state index contributed by atoms with van der Waals surface area (Å²) < 4.78 is 23.2. The first-order valence-corrected chi connectivity index (χ1v) is 11.9. The number of fused-ring (bicyclic) bond motifs is 1. The van der Waals surface area contributed by atoms with Gasteiger partial charge in [-0.2, -0.15) is 5.10 Å². The molecule has 4 rings (SSSR count). The van der Waals surface area contributed by atoms with Gasteiger partial charge in [0.1, 0.15) is 10.8 Å². The van der Waals surface area contributed by atoms with E-state index in [0.717, 1.165) is 47.2 Å². The van der Waals surface area contributed by atoms with Crippen LogP contribution in [0.25, 0.3) is 21.6 Å². The molecule has 0 radical (unpaired) electrons. The molecule has 1 fully saturated rings. The average molecular weight is 407 g/mol. The van der Waals surface area contributed by atoms with Crippen molar-refractivity contribution in [3.63, 3.8) is 0 Å². The Morgan fingerprint density at radius 3 is 2.78 bits per heavy atom. The molecule has 3 aromatic heterocycles. The molecule has 3 heterocycles. The van der Waals surface area contributed by atoms with Crippen molar-refractivity contribution in [2.45, 2.75) is 50.8 Å². The van der Waals surface area contributed by atoms with Gasteiger partial charge in [-0.15, -0.1) is 10.2 Å². The van der Waals surface area contributed by atoms with Gasteiger partial charge < -0.3 is 5.32 Å². The topological polar surface area (TPSA) is 114 Å². The molecular weight excluding hydrogens is 384 g/mol. The summed E-state index contributed by atoms with van der Waals surface area (Å²) in [4.78, 5) is 4.71. The molecule has 3 aromatic rings. The van der Waals surface area contributed by atoms with Crippen molar-refractivity contribution in [1.82, 2.24) is 25.4 Å². The van der Waals surface area contributed by atoms with Gasteiger partial charge in [-0.25, -0.2) is 13.4 Å². The van der Waals surface area contributed by atoms with Crippen LogP contribution in [-0.2, 0) is 22.0 Å². The molecule has 144 valence electrons. The molecular formula is C17H22N6O2S2. The number of aromatic nitrogens is 5. The molecule has 8 nitrogen and oxygen atoms in total. The zero-order valence-corrected chi connectivity index (χ0v) is 17.0. The van der Waals surface area contributed by atoms with E-state index in [1.807, 2.05) is 6.92 Å². The summed E-state index contributed by atoms with van der Waals surface area (Å²) in [6, 6.07) is 0.414. The summed E-state index contributed by atoms with van der Waals surface area (Å²) >= 11 is 1.31. The first-order chi connectivity index (χ1) is 12.9. The number of anilines is 1. The van der Waals surface area contributed by atoms with Crippen molar-refractivity contribution >= 4 is 37.9 Å². The van der Waals surface area contributed by atoms with Gasteiger partial charge in [0.15, 0.2) is 20.5 Å². The highest BCUT2D eigenvalue weighted by molar-refractivity contribution is 7.90. The van der Waals surface area contributed by atoms with Crippen molar-refractivity contribution in [3.8, 4) is 10.6 Å². The smallest absolute Gasteiger partial charge is 0.157 e. The Labute approximate surface area is 161 Å². The molecule has 0 aliphatic heterocycles.